The van der Waals surface area contributed by atoms with E-state index in [0.717, 1.165) is 41.3 Å². The Labute approximate surface area is 145 Å². The van der Waals surface area contributed by atoms with Gasteiger partial charge < -0.3 is 5.11 Å². The van der Waals surface area contributed by atoms with Gasteiger partial charge in [0.1, 0.15) is 5.75 Å². The predicted molar refractivity (Wildman–Crippen MR) is 99.0 cm³/mol. The van der Waals surface area contributed by atoms with Gasteiger partial charge in [0.2, 0.25) is 0 Å². The first kappa shape index (κ1) is 15.4. The van der Waals surface area contributed by atoms with Gasteiger partial charge in [-0.25, -0.2) is 5.43 Å². The normalized spacial score (nSPS) is 15.1. The molecule has 4 heteroatoms. The van der Waals surface area contributed by atoms with Gasteiger partial charge in [-0.1, -0.05) is 48.5 Å². The lowest BCUT2D eigenvalue weighted by Crippen LogP contribution is -2.22. The second kappa shape index (κ2) is 6.40. The van der Waals surface area contributed by atoms with Crippen molar-refractivity contribution in [3.63, 3.8) is 0 Å². The van der Waals surface area contributed by atoms with Gasteiger partial charge in [0.05, 0.1) is 11.3 Å². The van der Waals surface area contributed by atoms with E-state index in [4.69, 9.17) is 0 Å². The molecule has 4 nitrogen and oxygen atoms in total. The maximum atomic E-state index is 12.5. The van der Waals surface area contributed by atoms with Crippen molar-refractivity contribution in [1.82, 2.24) is 5.43 Å². The van der Waals surface area contributed by atoms with Crippen molar-refractivity contribution in [1.29, 1.82) is 0 Å². The lowest BCUT2D eigenvalue weighted by atomic mass is 9.90. The Kier molecular flexibility index (Phi) is 3.94. The zero-order chi connectivity index (χ0) is 17.2. The minimum atomic E-state index is -0.404. The number of nitrogens with zero attached hydrogens (tertiary/aromatic N) is 1. The first-order chi connectivity index (χ1) is 12.2. The van der Waals surface area contributed by atoms with E-state index in [1.165, 1.54) is 5.56 Å². The van der Waals surface area contributed by atoms with Crippen molar-refractivity contribution in [2.75, 3.05) is 0 Å². The number of phenolic OH excluding ortho intramolecular Hbond substituents is 1. The standard InChI is InChI=1S/C21H18N2O2/c24-20-13-16-8-2-1-7-15(16)12-18(20)21(25)23-22-19-11-5-9-14-6-3-4-10-17(14)19/h1-4,6-8,10,12-13,24H,5,9,11H2,(H,23,25)/b22-19+. The maximum Gasteiger partial charge on any atom is 0.275 e. The fourth-order valence-electron chi connectivity index (χ4n) is 3.31. The third-order valence-corrected chi connectivity index (χ3v) is 4.59. The van der Waals surface area contributed by atoms with Crippen molar-refractivity contribution in [3.8, 4) is 5.75 Å². The lowest BCUT2D eigenvalue weighted by molar-refractivity contribution is 0.0952. The highest BCUT2D eigenvalue weighted by Crippen LogP contribution is 2.25. The third kappa shape index (κ3) is 2.98. The Morgan fingerprint density at radius 2 is 1.68 bits per heavy atom. The molecule has 1 aliphatic carbocycles. The molecule has 0 bridgehead atoms. The van der Waals surface area contributed by atoms with Gasteiger partial charge in [-0.2, -0.15) is 5.10 Å². The molecule has 0 spiro atoms. The van der Waals surface area contributed by atoms with E-state index in [-0.39, 0.29) is 11.3 Å². The first-order valence-electron chi connectivity index (χ1n) is 8.39. The molecule has 0 fully saturated rings. The van der Waals surface area contributed by atoms with E-state index in [0.29, 0.717) is 0 Å². The Hall–Kier alpha value is -3.14. The van der Waals surface area contributed by atoms with E-state index < -0.39 is 5.91 Å². The summed E-state index contributed by atoms with van der Waals surface area (Å²) in [5, 5.41) is 16.3. The van der Waals surface area contributed by atoms with Crippen molar-refractivity contribution in [2.24, 2.45) is 5.10 Å². The number of carbonyl (C=O) groups excluding carboxylic acids is 1. The van der Waals surface area contributed by atoms with Gasteiger partial charge in [0.15, 0.2) is 0 Å². The molecule has 3 aromatic carbocycles. The Balaban J connectivity index is 1.62. The van der Waals surface area contributed by atoms with Crippen molar-refractivity contribution < 1.29 is 9.90 Å². The molecule has 0 saturated heterocycles. The summed E-state index contributed by atoms with van der Waals surface area (Å²) in [5.74, 6) is -0.445. The largest absolute Gasteiger partial charge is 0.507 e. The van der Waals surface area contributed by atoms with E-state index >= 15 is 0 Å². The molecule has 0 radical (unpaired) electrons. The van der Waals surface area contributed by atoms with Crippen LogP contribution in [0.3, 0.4) is 0 Å². The van der Waals surface area contributed by atoms with Gasteiger partial charge in [-0.05, 0) is 47.7 Å². The maximum absolute atomic E-state index is 12.5. The smallest absolute Gasteiger partial charge is 0.275 e. The number of hydrazone groups is 1. The van der Waals surface area contributed by atoms with Crippen LogP contribution in [0.15, 0.2) is 65.8 Å². The quantitative estimate of drug-likeness (QED) is 0.697. The second-order valence-corrected chi connectivity index (χ2v) is 6.23. The number of aryl methyl sites for hydroxylation is 1. The van der Waals surface area contributed by atoms with Gasteiger partial charge in [-0.15, -0.1) is 0 Å². The van der Waals surface area contributed by atoms with E-state index in [1.54, 1.807) is 12.1 Å². The van der Waals surface area contributed by atoms with Gasteiger partial charge in [0.25, 0.3) is 5.91 Å². The summed E-state index contributed by atoms with van der Waals surface area (Å²) in [6.45, 7) is 0. The summed E-state index contributed by atoms with van der Waals surface area (Å²) in [5.41, 5.74) is 6.07. The summed E-state index contributed by atoms with van der Waals surface area (Å²) in [6, 6.07) is 19.0. The van der Waals surface area contributed by atoms with Crippen LogP contribution in [0.4, 0.5) is 0 Å². The third-order valence-electron chi connectivity index (χ3n) is 4.59. The SMILES string of the molecule is O=C(N/N=C1\CCCc2ccccc21)c1cc2ccccc2cc1O. The zero-order valence-electron chi connectivity index (χ0n) is 13.7. The number of hydrogen-bond donors (Lipinski definition) is 2. The molecule has 0 aromatic heterocycles. The average Bonchev–Trinajstić information content (AvgIpc) is 2.65. The molecular weight excluding hydrogens is 312 g/mol. The summed E-state index contributed by atoms with van der Waals surface area (Å²) >= 11 is 0. The number of hydrogen-bond acceptors (Lipinski definition) is 3. The highest BCUT2D eigenvalue weighted by atomic mass is 16.3. The van der Waals surface area contributed by atoms with E-state index in [1.807, 2.05) is 42.5 Å². The van der Waals surface area contributed by atoms with Crippen LogP contribution >= 0.6 is 0 Å². The molecule has 4 rings (SSSR count). The number of benzene rings is 3. The van der Waals surface area contributed by atoms with Crippen LogP contribution in [0.5, 0.6) is 5.75 Å². The van der Waals surface area contributed by atoms with Gasteiger partial charge in [0, 0.05) is 5.56 Å². The number of carbonyl (C=O) groups is 1. The number of fused-ring (bicyclic) bond motifs is 2. The second-order valence-electron chi connectivity index (χ2n) is 6.23. The average molecular weight is 330 g/mol. The van der Waals surface area contributed by atoms with Crippen LogP contribution in [0, 0.1) is 0 Å². The van der Waals surface area contributed by atoms with Crippen molar-refractivity contribution in [3.05, 3.63) is 77.4 Å². The topological polar surface area (TPSA) is 61.7 Å². The van der Waals surface area contributed by atoms with Crippen LogP contribution < -0.4 is 5.43 Å². The summed E-state index contributed by atoms with van der Waals surface area (Å²) in [6.07, 6.45) is 2.89. The van der Waals surface area contributed by atoms with Crippen LogP contribution in [0.1, 0.15) is 34.3 Å². The minimum absolute atomic E-state index is 0.0413. The first-order valence-corrected chi connectivity index (χ1v) is 8.39. The van der Waals surface area contributed by atoms with Crippen molar-refractivity contribution >= 4 is 22.4 Å². The number of amides is 1. The Morgan fingerprint density at radius 3 is 2.52 bits per heavy atom. The van der Waals surface area contributed by atoms with Crippen LogP contribution in [0.25, 0.3) is 10.8 Å². The van der Waals surface area contributed by atoms with Crippen LogP contribution in [0.2, 0.25) is 0 Å². The van der Waals surface area contributed by atoms with E-state index in [9.17, 15) is 9.90 Å². The van der Waals surface area contributed by atoms with E-state index in [2.05, 4.69) is 16.6 Å². The predicted octanol–water partition coefficient (Wildman–Crippen LogP) is 4.02. The molecule has 0 aliphatic heterocycles. The molecule has 2 N–H and O–H groups in total. The highest BCUT2D eigenvalue weighted by Gasteiger charge is 2.16. The van der Waals surface area contributed by atoms with Crippen LogP contribution in [-0.2, 0) is 6.42 Å². The minimum Gasteiger partial charge on any atom is -0.507 e. The summed E-state index contributed by atoms with van der Waals surface area (Å²) in [7, 11) is 0. The Bertz CT molecular complexity index is 992. The monoisotopic (exact) mass is 330 g/mol. The number of rotatable bonds is 2. The molecule has 0 saturated carbocycles. The number of phenols is 1. The molecule has 0 atom stereocenters. The Morgan fingerprint density at radius 1 is 0.960 bits per heavy atom. The van der Waals surface area contributed by atoms with Crippen LogP contribution in [-0.4, -0.2) is 16.7 Å². The zero-order valence-corrected chi connectivity index (χ0v) is 13.7. The number of nitrogens with one attached hydrogen (secondary N) is 1. The molecular formula is C21H18N2O2. The molecule has 124 valence electrons. The molecule has 0 heterocycles. The summed E-state index contributed by atoms with van der Waals surface area (Å²) < 4.78 is 0. The molecule has 1 amide bonds. The highest BCUT2D eigenvalue weighted by molar-refractivity contribution is 6.05. The molecule has 25 heavy (non-hydrogen) atoms. The number of aromatic hydroxyl groups is 1. The lowest BCUT2D eigenvalue weighted by Gasteiger charge is -2.17. The molecule has 0 unspecified atom stereocenters. The van der Waals surface area contributed by atoms with Crippen molar-refractivity contribution in [2.45, 2.75) is 19.3 Å². The summed E-state index contributed by atoms with van der Waals surface area (Å²) in [4.78, 5) is 12.5. The fourth-order valence-corrected chi connectivity index (χ4v) is 3.31. The van der Waals surface area contributed by atoms with Gasteiger partial charge >= 0.3 is 0 Å². The van der Waals surface area contributed by atoms with Gasteiger partial charge in [-0.3, -0.25) is 4.79 Å². The molecule has 3 aromatic rings. The molecule has 1 aliphatic rings. The fraction of sp³-hybridized carbons (Fsp3) is 0.143.